The molecule has 0 aromatic heterocycles. The maximum atomic E-state index is 11.7. The molecule has 0 bridgehead atoms. The lowest BCUT2D eigenvalue weighted by molar-refractivity contribution is -0.208. The minimum absolute atomic E-state index is 0.0110. The van der Waals surface area contributed by atoms with Crippen LogP contribution < -0.4 is 13.9 Å². The molecule has 0 N–H and O–H groups in total. The van der Waals surface area contributed by atoms with Crippen LogP contribution in [0.1, 0.15) is 0 Å². The van der Waals surface area contributed by atoms with Crippen molar-refractivity contribution in [2.24, 2.45) is 0 Å². The molecule has 0 saturated heterocycles. The molecule has 0 heterocycles. The molecule has 7 heteroatoms. The maximum Gasteiger partial charge on any atom is 0.372 e. The molecule has 0 aliphatic rings. The number of benzene rings is 2. The van der Waals surface area contributed by atoms with E-state index in [9.17, 15) is 9.46 Å². The molecule has 100 valence electrons. The molecule has 0 fully saturated rings. The van der Waals surface area contributed by atoms with Crippen molar-refractivity contribution in [2.75, 3.05) is 0 Å². The van der Waals surface area contributed by atoms with Crippen molar-refractivity contribution in [3.05, 3.63) is 58.6 Å². The highest BCUT2D eigenvalue weighted by Crippen LogP contribution is 2.44. The van der Waals surface area contributed by atoms with Gasteiger partial charge in [0.15, 0.2) is 0 Å². The molecule has 0 spiro atoms. The first-order chi connectivity index (χ1) is 8.98. The van der Waals surface area contributed by atoms with Crippen LogP contribution in [0.15, 0.2) is 48.5 Å². The largest absolute Gasteiger partial charge is 0.736 e. The third-order valence-electron chi connectivity index (χ3n) is 2.09. The molecule has 19 heavy (non-hydrogen) atoms. The molecule has 0 amide bonds. The Labute approximate surface area is 120 Å². The summed E-state index contributed by atoms with van der Waals surface area (Å²) in [4.78, 5) is 11.7. The smallest absolute Gasteiger partial charge is 0.372 e. The van der Waals surface area contributed by atoms with E-state index in [1.165, 1.54) is 30.3 Å². The Morgan fingerprint density at radius 1 is 0.947 bits per heavy atom. The zero-order valence-electron chi connectivity index (χ0n) is 9.45. The quantitative estimate of drug-likeness (QED) is 0.802. The topological polar surface area (TPSA) is 58.6 Å². The van der Waals surface area contributed by atoms with Gasteiger partial charge in [-0.1, -0.05) is 47.5 Å². The van der Waals surface area contributed by atoms with Crippen LogP contribution in [0, 0.1) is 0 Å². The first-order valence-electron chi connectivity index (χ1n) is 5.17. The number of phosphoric ester groups is 1. The first-order valence-corrected chi connectivity index (χ1v) is 7.39. The van der Waals surface area contributed by atoms with Gasteiger partial charge < -0.3 is 13.9 Å². The van der Waals surface area contributed by atoms with E-state index in [4.69, 9.17) is 32.2 Å². The summed E-state index contributed by atoms with van der Waals surface area (Å²) in [5.74, 6) is 0.0717. The van der Waals surface area contributed by atoms with Gasteiger partial charge in [-0.25, -0.2) is 4.57 Å². The molecular weight excluding hydrogens is 310 g/mol. The number of halogens is 2. The first kappa shape index (κ1) is 14.2. The molecule has 2 aromatic rings. The van der Waals surface area contributed by atoms with Crippen LogP contribution in [0.3, 0.4) is 0 Å². The predicted molar refractivity (Wildman–Crippen MR) is 71.8 cm³/mol. The summed E-state index contributed by atoms with van der Waals surface area (Å²) in [6, 6.07) is 12.4. The fourth-order valence-electron chi connectivity index (χ4n) is 1.30. The van der Waals surface area contributed by atoms with E-state index in [2.05, 4.69) is 0 Å². The second kappa shape index (κ2) is 5.85. The Morgan fingerprint density at radius 3 is 2.32 bits per heavy atom. The Kier molecular flexibility index (Phi) is 4.38. The lowest BCUT2D eigenvalue weighted by Gasteiger charge is -2.24. The zero-order chi connectivity index (χ0) is 13.9. The van der Waals surface area contributed by atoms with Gasteiger partial charge in [-0.3, -0.25) is 0 Å². The highest BCUT2D eigenvalue weighted by atomic mass is 35.5. The molecule has 1 atom stereocenters. The minimum Gasteiger partial charge on any atom is -0.736 e. The highest BCUT2D eigenvalue weighted by molar-refractivity contribution is 7.46. The van der Waals surface area contributed by atoms with Gasteiger partial charge in [0.1, 0.15) is 16.5 Å². The Balaban J connectivity index is 2.17. The summed E-state index contributed by atoms with van der Waals surface area (Å²) in [5.41, 5.74) is 0. The van der Waals surface area contributed by atoms with Crippen LogP contribution in [0.25, 0.3) is 0 Å². The van der Waals surface area contributed by atoms with Crippen LogP contribution in [-0.4, -0.2) is 0 Å². The summed E-state index contributed by atoms with van der Waals surface area (Å²) in [6.07, 6.45) is 0. The van der Waals surface area contributed by atoms with Crippen LogP contribution in [-0.2, 0) is 4.57 Å². The van der Waals surface area contributed by atoms with Crippen LogP contribution in [0.4, 0.5) is 0 Å². The van der Waals surface area contributed by atoms with E-state index in [1.807, 2.05) is 0 Å². The third-order valence-corrected chi connectivity index (χ3v) is 3.74. The molecule has 0 radical (unpaired) electrons. The van der Waals surface area contributed by atoms with Crippen LogP contribution in [0.2, 0.25) is 10.0 Å². The summed E-state index contributed by atoms with van der Waals surface area (Å²) < 4.78 is 21.3. The van der Waals surface area contributed by atoms with E-state index in [1.54, 1.807) is 18.2 Å². The predicted octanol–water partition coefficient (Wildman–Crippen LogP) is 3.92. The summed E-state index contributed by atoms with van der Waals surface area (Å²) >= 11 is 11.6. The monoisotopic (exact) mass is 317 g/mol. The standard InChI is InChI=1S/C12H9Cl2O4P/c13-10-7-4-8-11(12(10)14)18-19(15,16)17-9-5-2-1-3-6-9/h1-8H,(H,15,16)/p-1. The second-order valence-electron chi connectivity index (χ2n) is 3.49. The lowest BCUT2D eigenvalue weighted by atomic mass is 10.3. The van der Waals surface area contributed by atoms with E-state index in [0.717, 1.165) is 0 Å². The minimum atomic E-state index is -4.58. The lowest BCUT2D eigenvalue weighted by Crippen LogP contribution is -2.13. The van der Waals surface area contributed by atoms with Crippen molar-refractivity contribution in [1.82, 2.24) is 0 Å². The van der Waals surface area contributed by atoms with Crippen molar-refractivity contribution >= 4 is 31.0 Å². The van der Waals surface area contributed by atoms with Gasteiger partial charge in [-0.05, 0) is 24.3 Å². The average molecular weight is 318 g/mol. The van der Waals surface area contributed by atoms with Crippen molar-refractivity contribution in [1.29, 1.82) is 0 Å². The van der Waals surface area contributed by atoms with Crippen molar-refractivity contribution in [3.8, 4) is 11.5 Å². The molecule has 2 rings (SSSR count). The van der Waals surface area contributed by atoms with E-state index in [-0.39, 0.29) is 21.5 Å². The Morgan fingerprint density at radius 2 is 1.63 bits per heavy atom. The van der Waals surface area contributed by atoms with Crippen molar-refractivity contribution < 1.29 is 18.5 Å². The van der Waals surface area contributed by atoms with Gasteiger partial charge in [-0.15, -0.1) is 0 Å². The van der Waals surface area contributed by atoms with Crippen LogP contribution in [0.5, 0.6) is 11.5 Å². The fraction of sp³-hybridized carbons (Fsp3) is 0. The van der Waals surface area contributed by atoms with Gasteiger partial charge in [0.05, 0.1) is 5.02 Å². The Bertz CT molecular complexity index is 618. The number of hydrogen-bond donors (Lipinski definition) is 0. The zero-order valence-corrected chi connectivity index (χ0v) is 11.9. The molecular formula is C12H8Cl2O4P-. The van der Waals surface area contributed by atoms with E-state index < -0.39 is 7.82 Å². The summed E-state index contributed by atoms with van der Waals surface area (Å²) in [7, 11) is -4.58. The summed E-state index contributed by atoms with van der Waals surface area (Å²) in [6.45, 7) is 0. The van der Waals surface area contributed by atoms with Gasteiger partial charge in [-0.2, -0.15) is 0 Å². The normalized spacial score (nSPS) is 13.6. The van der Waals surface area contributed by atoms with Crippen molar-refractivity contribution in [2.45, 2.75) is 0 Å². The van der Waals surface area contributed by atoms with Crippen molar-refractivity contribution in [3.63, 3.8) is 0 Å². The maximum absolute atomic E-state index is 11.7. The fourth-order valence-corrected chi connectivity index (χ4v) is 2.50. The molecule has 4 nitrogen and oxygen atoms in total. The average Bonchev–Trinajstić information content (AvgIpc) is 2.35. The van der Waals surface area contributed by atoms with Gasteiger partial charge in [0.25, 0.3) is 0 Å². The van der Waals surface area contributed by atoms with Crippen LogP contribution >= 0.6 is 31.0 Å². The van der Waals surface area contributed by atoms with Gasteiger partial charge in [0, 0.05) is 0 Å². The number of rotatable bonds is 4. The molecule has 0 saturated carbocycles. The van der Waals surface area contributed by atoms with E-state index in [0.29, 0.717) is 0 Å². The number of phosphoric acid groups is 1. The molecule has 0 aliphatic carbocycles. The van der Waals surface area contributed by atoms with Gasteiger partial charge in [0.2, 0.25) is 0 Å². The molecule has 1 unspecified atom stereocenters. The summed E-state index contributed by atoms with van der Waals surface area (Å²) in [5, 5.41) is 0.204. The second-order valence-corrected chi connectivity index (χ2v) is 5.54. The Hall–Kier alpha value is -1.19. The third kappa shape index (κ3) is 3.88. The van der Waals surface area contributed by atoms with E-state index >= 15 is 0 Å². The highest BCUT2D eigenvalue weighted by Gasteiger charge is 2.16. The molecule has 2 aromatic carbocycles. The van der Waals surface area contributed by atoms with Gasteiger partial charge >= 0.3 is 7.82 Å². The number of para-hydroxylation sites is 1. The number of hydrogen-bond acceptors (Lipinski definition) is 4. The molecule has 0 aliphatic heterocycles. The SMILES string of the molecule is O=P([O-])(Oc1ccccc1)Oc1cccc(Cl)c1Cl.